The lowest BCUT2D eigenvalue weighted by Crippen LogP contribution is -2.31. The van der Waals surface area contributed by atoms with Gasteiger partial charge in [-0.25, -0.2) is 9.37 Å². The van der Waals surface area contributed by atoms with E-state index in [1.165, 1.54) is 0 Å². The number of fused-ring (bicyclic) bond motifs is 1. The van der Waals surface area contributed by atoms with Crippen LogP contribution in [0.1, 0.15) is 40.6 Å². The number of halogens is 1. The summed E-state index contributed by atoms with van der Waals surface area (Å²) < 4.78 is 12.5. The molecule has 0 aliphatic carbocycles. The van der Waals surface area contributed by atoms with Crippen molar-refractivity contribution < 1.29 is 9.18 Å². The highest BCUT2D eigenvalue weighted by molar-refractivity contribution is 5.95. The molecule has 1 amide bonds. The Morgan fingerprint density at radius 1 is 1.06 bits per heavy atom. The van der Waals surface area contributed by atoms with Gasteiger partial charge in [0.1, 0.15) is 18.3 Å². The Morgan fingerprint density at radius 3 is 2.40 bits per heavy atom. The van der Waals surface area contributed by atoms with E-state index in [2.05, 4.69) is 26.5 Å². The number of rotatable bonds is 9. The van der Waals surface area contributed by atoms with Crippen LogP contribution >= 0.6 is 0 Å². The van der Waals surface area contributed by atoms with Crippen molar-refractivity contribution in [3.05, 3.63) is 89.7 Å². The first-order valence-corrected chi connectivity index (χ1v) is 11.4. The number of H-pyrrole nitrogens is 1. The zero-order chi connectivity index (χ0) is 24.6. The average molecular weight is 468 g/mol. The monoisotopic (exact) mass is 467 g/mol. The van der Waals surface area contributed by atoms with Gasteiger partial charge >= 0.3 is 0 Å². The Labute approximate surface area is 203 Å². The smallest absolute Gasteiger partial charge is 0.251 e. The Balaban J connectivity index is 1.48. The standard InChI is InChI=1S/C28H26FN5O/c1-2-19-9-11-20(12-10-19)21-13-15-22(16-14-21)28(35)34-25(8-5-17-31-26(30)18-29)27-32-23-6-3-4-7-24(23)33-27/h1,3-4,6-7,9-16,25H,5,8,17-18H2,(H2,30,31)(H,32,33)(H,34,35). The van der Waals surface area contributed by atoms with Crippen LogP contribution in [0.3, 0.4) is 0 Å². The zero-order valence-electron chi connectivity index (χ0n) is 19.1. The molecule has 0 saturated heterocycles. The molecular formula is C28H26FN5O. The number of aromatic nitrogens is 2. The third kappa shape index (κ3) is 5.92. The van der Waals surface area contributed by atoms with E-state index >= 15 is 0 Å². The van der Waals surface area contributed by atoms with E-state index < -0.39 is 6.67 Å². The number of aromatic amines is 1. The lowest BCUT2D eigenvalue weighted by Gasteiger charge is -2.17. The maximum absolute atomic E-state index is 13.1. The van der Waals surface area contributed by atoms with Crippen LogP contribution in [0.5, 0.6) is 0 Å². The topological polar surface area (TPSA) is 93.7 Å². The highest BCUT2D eigenvalue weighted by atomic mass is 19.1. The van der Waals surface area contributed by atoms with Gasteiger partial charge in [-0.15, -0.1) is 6.42 Å². The van der Waals surface area contributed by atoms with Crippen molar-refractivity contribution in [3.8, 4) is 23.5 Å². The lowest BCUT2D eigenvalue weighted by atomic mass is 10.0. The van der Waals surface area contributed by atoms with Crippen LogP contribution in [0.4, 0.5) is 4.39 Å². The van der Waals surface area contributed by atoms with Gasteiger partial charge in [-0.3, -0.25) is 10.2 Å². The minimum atomic E-state index is -0.826. The van der Waals surface area contributed by atoms with Crippen molar-refractivity contribution in [1.82, 2.24) is 20.6 Å². The molecule has 3 aromatic carbocycles. The number of alkyl halides is 1. The molecule has 6 nitrogen and oxygen atoms in total. The van der Waals surface area contributed by atoms with Gasteiger partial charge in [-0.05, 0) is 60.4 Å². The number of imidazole rings is 1. The van der Waals surface area contributed by atoms with Gasteiger partial charge < -0.3 is 15.6 Å². The Hall–Kier alpha value is -4.44. The van der Waals surface area contributed by atoms with E-state index in [-0.39, 0.29) is 17.8 Å². The molecule has 0 radical (unpaired) electrons. The Bertz CT molecular complexity index is 1320. The summed E-state index contributed by atoms with van der Waals surface area (Å²) in [5, 5.41) is 13.2. The molecule has 4 N–H and O–H groups in total. The molecule has 4 rings (SSSR count). The van der Waals surface area contributed by atoms with Gasteiger partial charge in [0.05, 0.1) is 17.1 Å². The molecule has 0 aliphatic rings. The van der Waals surface area contributed by atoms with Crippen molar-refractivity contribution in [2.24, 2.45) is 0 Å². The summed E-state index contributed by atoms with van der Waals surface area (Å²) in [5.74, 6) is 2.90. The molecule has 176 valence electrons. The van der Waals surface area contributed by atoms with Crippen LogP contribution in [0.2, 0.25) is 0 Å². The van der Waals surface area contributed by atoms with Gasteiger partial charge in [-0.2, -0.15) is 0 Å². The molecule has 0 bridgehead atoms. The molecule has 0 aliphatic heterocycles. The van der Waals surface area contributed by atoms with Crippen LogP contribution in [-0.2, 0) is 0 Å². The second kappa shape index (κ2) is 11.1. The average Bonchev–Trinajstić information content (AvgIpc) is 3.34. The first-order valence-electron chi connectivity index (χ1n) is 11.4. The van der Waals surface area contributed by atoms with E-state index in [4.69, 9.17) is 11.8 Å². The largest absolute Gasteiger partial charge is 0.372 e. The number of carbonyl (C=O) groups excluding carboxylic acids is 1. The number of hydrogen-bond acceptors (Lipinski definition) is 3. The van der Waals surface area contributed by atoms with Crippen LogP contribution in [0.15, 0.2) is 72.8 Å². The van der Waals surface area contributed by atoms with Gasteiger partial charge in [0.2, 0.25) is 0 Å². The molecule has 0 saturated carbocycles. The molecule has 0 spiro atoms. The quantitative estimate of drug-likeness (QED) is 0.121. The fourth-order valence-electron chi connectivity index (χ4n) is 3.82. The van der Waals surface area contributed by atoms with Crippen LogP contribution in [-0.4, -0.2) is 34.9 Å². The van der Waals surface area contributed by atoms with Gasteiger partial charge in [0.25, 0.3) is 5.91 Å². The first-order chi connectivity index (χ1) is 17.1. The van der Waals surface area contributed by atoms with Gasteiger partial charge in [0, 0.05) is 17.7 Å². The Morgan fingerprint density at radius 2 is 1.74 bits per heavy atom. The van der Waals surface area contributed by atoms with Crippen LogP contribution < -0.4 is 10.6 Å². The number of para-hydroxylation sites is 2. The number of hydrogen-bond donors (Lipinski definition) is 4. The van der Waals surface area contributed by atoms with Gasteiger partial charge in [-0.1, -0.05) is 42.3 Å². The van der Waals surface area contributed by atoms with E-state index in [1.54, 1.807) is 12.1 Å². The second-order valence-corrected chi connectivity index (χ2v) is 8.15. The predicted molar refractivity (Wildman–Crippen MR) is 137 cm³/mol. The zero-order valence-corrected chi connectivity index (χ0v) is 19.1. The number of nitrogens with zero attached hydrogens (tertiary/aromatic N) is 1. The van der Waals surface area contributed by atoms with Gasteiger partial charge in [0.15, 0.2) is 0 Å². The van der Waals surface area contributed by atoms with Crippen LogP contribution in [0, 0.1) is 17.8 Å². The molecule has 7 heteroatoms. The molecule has 1 aromatic heterocycles. The van der Waals surface area contributed by atoms with E-state index in [9.17, 15) is 9.18 Å². The molecule has 1 heterocycles. The fraction of sp³-hybridized carbons (Fsp3) is 0.179. The number of terminal acetylenes is 1. The minimum Gasteiger partial charge on any atom is -0.372 e. The van der Waals surface area contributed by atoms with Crippen molar-refractivity contribution >= 4 is 22.8 Å². The summed E-state index contributed by atoms with van der Waals surface area (Å²) in [7, 11) is 0. The summed E-state index contributed by atoms with van der Waals surface area (Å²) in [4.78, 5) is 21.0. The highest BCUT2D eigenvalue weighted by Gasteiger charge is 2.19. The maximum Gasteiger partial charge on any atom is 0.251 e. The molecule has 4 aromatic rings. The van der Waals surface area contributed by atoms with Crippen molar-refractivity contribution in [2.45, 2.75) is 18.9 Å². The summed E-state index contributed by atoms with van der Waals surface area (Å²) in [6, 6.07) is 22.4. The van der Waals surface area contributed by atoms with Crippen molar-refractivity contribution in [3.63, 3.8) is 0 Å². The predicted octanol–water partition coefficient (Wildman–Crippen LogP) is 5.00. The van der Waals surface area contributed by atoms with Crippen LogP contribution in [0.25, 0.3) is 22.2 Å². The maximum atomic E-state index is 13.1. The Kier molecular flexibility index (Phi) is 7.53. The third-order valence-electron chi connectivity index (χ3n) is 5.72. The fourth-order valence-corrected chi connectivity index (χ4v) is 3.82. The number of carbonyl (C=O) groups is 1. The van der Waals surface area contributed by atoms with E-state index in [1.807, 2.05) is 60.7 Å². The summed E-state index contributed by atoms with van der Waals surface area (Å²) >= 11 is 0. The number of benzene rings is 3. The van der Waals surface area contributed by atoms with E-state index in [0.717, 1.165) is 27.7 Å². The number of nitrogens with one attached hydrogen (secondary N) is 4. The lowest BCUT2D eigenvalue weighted by molar-refractivity contribution is 0.0932. The number of amidine groups is 1. The molecule has 1 unspecified atom stereocenters. The first kappa shape index (κ1) is 23.7. The summed E-state index contributed by atoms with van der Waals surface area (Å²) in [5.41, 5.74) is 5.06. The molecular weight excluding hydrogens is 441 g/mol. The molecule has 0 fully saturated rings. The number of amides is 1. The van der Waals surface area contributed by atoms with E-state index in [0.29, 0.717) is 30.8 Å². The second-order valence-electron chi connectivity index (χ2n) is 8.15. The van der Waals surface area contributed by atoms with Crippen molar-refractivity contribution in [1.29, 1.82) is 5.41 Å². The molecule has 35 heavy (non-hydrogen) atoms. The summed E-state index contributed by atoms with van der Waals surface area (Å²) in [6.07, 6.45) is 6.61. The highest BCUT2D eigenvalue weighted by Crippen LogP contribution is 2.23. The summed E-state index contributed by atoms with van der Waals surface area (Å²) in [6.45, 7) is -0.393. The SMILES string of the molecule is C#Cc1ccc(-c2ccc(C(=O)NC(CCCNC(=N)CF)c3nc4ccccc4[nH]3)cc2)cc1. The molecule has 1 atom stereocenters. The third-order valence-corrected chi connectivity index (χ3v) is 5.72. The minimum absolute atomic E-state index is 0.150. The van der Waals surface area contributed by atoms with Crippen molar-refractivity contribution in [2.75, 3.05) is 13.2 Å². The normalized spacial score (nSPS) is 11.5.